The van der Waals surface area contributed by atoms with E-state index in [0.29, 0.717) is 6.54 Å². The van der Waals surface area contributed by atoms with Gasteiger partial charge in [-0.2, -0.15) is 0 Å². The Hall–Kier alpha value is -1.79. The van der Waals surface area contributed by atoms with Gasteiger partial charge < -0.3 is 10.6 Å². The fourth-order valence-electron chi connectivity index (χ4n) is 1.69. The number of likely N-dealkylation sites (N-methyl/N-ethyl adjacent to an activating group) is 1. The lowest BCUT2D eigenvalue weighted by atomic mass is 10.2. The fourth-order valence-corrected chi connectivity index (χ4v) is 1.69. The van der Waals surface area contributed by atoms with E-state index in [2.05, 4.69) is 27.2 Å². The molecule has 2 aromatic rings. The molecule has 0 amide bonds. The molecule has 0 aliphatic heterocycles. The number of rotatable bonds is 6. The molecule has 0 atom stereocenters. The van der Waals surface area contributed by atoms with Crippen molar-refractivity contribution >= 4 is 0 Å². The Balaban J connectivity index is 1.79. The molecule has 6 heteroatoms. The monoisotopic (exact) mass is 246 g/mol. The van der Waals surface area contributed by atoms with Crippen LogP contribution in [0.3, 0.4) is 0 Å². The van der Waals surface area contributed by atoms with E-state index < -0.39 is 0 Å². The second-order valence-electron chi connectivity index (χ2n) is 4.27. The Morgan fingerprint density at radius 2 is 2.11 bits per heavy atom. The predicted molar refractivity (Wildman–Crippen MR) is 68.5 cm³/mol. The van der Waals surface area contributed by atoms with Crippen LogP contribution >= 0.6 is 0 Å². The van der Waals surface area contributed by atoms with Crippen molar-refractivity contribution in [1.29, 1.82) is 0 Å². The van der Waals surface area contributed by atoms with E-state index in [1.807, 2.05) is 35.4 Å². The number of hydrogen-bond acceptors (Lipinski definition) is 5. The molecule has 2 rings (SSSR count). The lowest BCUT2D eigenvalue weighted by Crippen LogP contribution is -2.23. The summed E-state index contributed by atoms with van der Waals surface area (Å²) in [7, 11) is 2.08. The van der Waals surface area contributed by atoms with Gasteiger partial charge in [-0.25, -0.2) is 0 Å². The summed E-state index contributed by atoms with van der Waals surface area (Å²) < 4.78 is 1.82. The van der Waals surface area contributed by atoms with Crippen molar-refractivity contribution in [3.05, 3.63) is 42.0 Å². The highest BCUT2D eigenvalue weighted by Crippen LogP contribution is 2.01. The van der Waals surface area contributed by atoms with Gasteiger partial charge in [-0.15, -0.1) is 5.10 Å². The summed E-state index contributed by atoms with van der Waals surface area (Å²) in [4.78, 5) is 6.24. The summed E-state index contributed by atoms with van der Waals surface area (Å²) in [5.74, 6) is 0. The Morgan fingerprint density at radius 1 is 1.33 bits per heavy atom. The third-order valence-electron chi connectivity index (χ3n) is 2.71. The van der Waals surface area contributed by atoms with Gasteiger partial charge in [-0.05, 0) is 24.7 Å². The predicted octanol–water partition coefficient (Wildman–Crippen LogP) is 0.264. The molecule has 0 fully saturated rings. The quantitative estimate of drug-likeness (QED) is 0.791. The van der Waals surface area contributed by atoms with Gasteiger partial charge in [0, 0.05) is 38.2 Å². The first kappa shape index (κ1) is 12.7. The number of pyridine rings is 1. The van der Waals surface area contributed by atoms with Crippen LogP contribution in [0.15, 0.2) is 30.7 Å². The zero-order valence-electron chi connectivity index (χ0n) is 10.5. The smallest absolute Gasteiger partial charge is 0.0962 e. The van der Waals surface area contributed by atoms with Crippen molar-refractivity contribution in [1.82, 2.24) is 24.9 Å². The normalized spacial score (nSPS) is 11.1. The number of aromatic nitrogens is 4. The molecule has 0 bridgehead atoms. The molecular formula is C12H18N6. The fraction of sp³-hybridized carbons (Fsp3) is 0.417. The maximum atomic E-state index is 5.49. The maximum Gasteiger partial charge on any atom is 0.0962 e. The van der Waals surface area contributed by atoms with E-state index in [1.54, 1.807) is 0 Å². The molecule has 2 heterocycles. The number of nitrogens with two attached hydrogens (primary N) is 1. The summed E-state index contributed by atoms with van der Waals surface area (Å²) in [5.41, 5.74) is 7.57. The van der Waals surface area contributed by atoms with E-state index in [4.69, 9.17) is 5.73 Å². The summed E-state index contributed by atoms with van der Waals surface area (Å²) in [5, 5.41) is 7.97. The Labute approximate surface area is 106 Å². The van der Waals surface area contributed by atoms with E-state index in [1.165, 1.54) is 5.56 Å². The van der Waals surface area contributed by atoms with Gasteiger partial charge in [0.05, 0.1) is 12.2 Å². The molecule has 2 N–H and O–H groups in total. The highest BCUT2D eigenvalue weighted by Gasteiger charge is 2.02. The Morgan fingerprint density at radius 3 is 2.78 bits per heavy atom. The Kier molecular flexibility index (Phi) is 4.38. The van der Waals surface area contributed by atoms with Crippen LogP contribution in [0.4, 0.5) is 0 Å². The molecule has 0 aliphatic carbocycles. The third kappa shape index (κ3) is 3.61. The average molecular weight is 246 g/mol. The minimum atomic E-state index is 0.437. The van der Waals surface area contributed by atoms with Crippen LogP contribution in [0.25, 0.3) is 0 Å². The molecule has 0 aliphatic rings. The van der Waals surface area contributed by atoms with E-state index in [-0.39, 0.29) is 0 Å². The second kappa shape index (κ2) is 6.23. The van der Waals surface area contributed by atoms with Gasteiger partial charge in [0.15, 0.2) is 0 Å². The van der Waals surface area contributed by atoms with E-state index in [9.17, 15) is 0 Å². The second-order valence-corrected chi connectivity index (χ2v) is 4.27. The van der Waals surface area contributed by atoms with E-state index in [0.717, 1.165) is 25.3 Å². The summed E-state index contributed by atoms with van der Waals surface area (Å²) in [6.45, 7) is 3.07. The molecule has 96 valence electrons. The summed E-state index contributed by atoms with van der Waals surface area (Å²) in [6, 6.07) is 4.05. The van der Waals surface area contributed by atoms with Crippen LogP contribution in [-0.4, -0.2) is 38.5 Å². The molecule has 0 aromatic carbocycles. The van der Waals surface area contributed by atoms with Gasteiger partial charge in [-0.3, -0.25) is 9.67 Å². The van der Waals surface area contributed by atoms with Crippen molar-refractivity contribution in [3.8, 4) is 0 Å². The standard InChI is InChI=1S/C12H18N6/c1-17(9-11-2-4-14-5-3-11)6-7-18-10-12(8-13)15-16-18/h2-5,10H,6-9,13H2,1H3. The van der Waals surface area contributed by atoms with Gasteiger partial charge in [0.2, 0.25) is 0 Å². The highest BCUT2D eigenvalue weighted by molar-refractivity contribution is 5.09. The minimum absolute atomic E-state index is 0.437. The molecule has 0 unspecified atom stereocenters. The summed E-state index contributed by atoms with van der Waals surface area (Å²) in [6.07, 6.45) is 5.52. The molecule has 6 nitrogen and oxygen atoms in total. The van der Waals surface area contributed by atoms with Crippen molar-refractivity contribution in [3.63, 3.8) is 0 Å². The zero-order chi connectivity index (χ0) is 12.8. The topological polar surface area (TPSA) is 72.9 Å². The molecule has 2 aromatic heterocycles. The molecule has 0 spiro atoms. The largest absolute Gasteiger partial charge is 0.325 e. The van der Waals surface area contributed by atoms with Gasteiger partial charge in [0.25, 0.3) is 0 Å². The lowest BCUT2D eigenvalue weighted by molar-refractivity contribution is 0.303. The summed E-state index contributed by atoms with van der Waals surface area (Å²) >= 11 is 0. The van der Waals surface area contributed by atoms with Gasteiger partial charge in [-0.1, -0.05) is 5.21 Å². The molecule has 0 saturated carbocycles. The van der Waals surface area contributed by atoms with Crippen molar-refractivity contribution in [2.24, 2.45) is 5.73 Å². The van der Waals surface area contributed by atoms with Gasteiger partial charge in [0.1, 0.15) is 0 Å². The number of nitrogens with zero attached hydrogens (tertiary/aromatic N) is 5. The molecule has 0 saturated heterocycles. The van der Waals surface area contributed by atoms with Crippen molar-refractivity contribution in [2.75, 3.05) is 13.6 Å². The molecule has 0 radical (unpaired) electrons. The SMILES string of the molecule is CN(CCn1cc(CN)nn1)Cc1ccncc1. The average Bonchev–Trinajstić information content (AvgIpc) is 2.85. The first-order chi connectivity index (χ1) is 8.78. The zero-order valence-corrected chi connectivity index (χ0v) is 10.5. The Bertz CT molecular complexity index is 466. The van der Waals surface area contributed by atoms with Crippen LogP contribution < -0.4 is 5.73 Å². The van der Waals surface area contributed by atoms with Gasteiger partial charge >= 0.3 is 0 Å². The highest BCUT2D eigenvalue weighted by atomic mass is 15.4. The maximum absolute atomic E-state index is 5.49. The lowest BCUT2D eigenvalue weighted by Gasteiger charge is -2.16. The van der Waals surface area contributed by atoms with Crippen LogP contribution in [-0.2, 0) is 19.6 Å². The van der Waals surface area contributed by atoms with Crippen LogP contribution in [0.1, 0.15) is 11.3 Å². The van der Waals surface area contributed by atoms with Crippen molar-refractivity contribution in [2.45, 2.75) is 19.6 Å². The first-order valence-electron chi connectivity index (χ1n) is 5.94. The van der Waals surface area contributed by atoms with Crippen LogP contribution in [0, 0.1) is 0 Å². The van der Waals surface area contributed by atoms with Crippen LogP contribution in [0.2, 0.25) is 0 Å². The first-order valence-corrected chi connectivity index (χ1v) is 5.94. The third-order valence-corrected chi connectivity index (χ3v) is 2.71. The van der Waals surface area contributed by atoms with E-state index >= 15 is 0 Å². The van der Waals surface area contributed by atoms with Crippen LogP contribution in [0.5, 0.6) is 0 Å². The minimum Gasteiger partial charge on any atom is -0.325 e. The molecular weight excluding hydrogens is 228 g/mol. The number of hydrogen-bond donors (Lipinski definition) is 1. The van der Waals surface area contributed by atoms with Crippen molar-refractivity contribution < 1.29 is 0 Å². The molecule has 18 heavy (non-hydrogen) atoms.